The molecule has 11 atom stereocenters. The number of ether oxygens (including phenoxy) is 4. The third-order valence-corrected chi connectivity index (χ3v) is 13.0. The molecular formula is C49H62N2O12. The number of aliphatic hydroxyl groups excluding tert-OH is 4. The number of nitrogens with zero attached hydrogens (tertiary/aromatic N) is 2. The van der Waals surface area contributed by atoms with E-state index in [-0.39, 0.29) is 62.5 Å². The zero-order valence-corrected chi connectivity index (χ0v) is 35.9. The first-order valence-electron chi connectivity index (χ1n) is 21.9. The minimum atomic E-state index is -2.27. The summed E-state index contributed by atoms with van der Waals surface area (Å²) >= 11 is 0. The number of carboxylic acids is 1. The third-order valence-electron chi connectivity index (χ3n) is 13.0. The van der Waals surface area contributed by atoms with Gasteiger partial charge in [-0.3, -0.25) is 0 Å². The van der Waals surface area contributed by atoms with Crippen LogP contribution in [-0.2, 0) is 40.0 Å². The molecule has 3 aliphatic heterocycles. The molecule has 7 N–H and O–H groups in total. The van der Waals surface area contributed by atoms with Gasteiger partial charge in [-0.05, 0) is 129 Å². The number of aliphatic hydroxyl groups is 6. The smallest absolute Gasteiger partial charge is 0.335 e. The van der Waals surface area contributed by atoms with Gasteiger partial charge in [-0.2, -0.15) is 5.26 Å². The van der Waals surface area contributed by atoms with Crippen molar-refractivity contribution in [1.82, 2.24) is 4.57 Å². The summed E-state index contributed by atoms with van der Waals surface area (Å²) < 4.78 is 26.4. The van der Waals surface area contributed by atoms with Gasteiger partial charge in [0.2, 0.25) is 6.29 Å². The van der Waals surface area contributed by atoms with Crippen molar-refractivity contribution in [2.24, 2.45) is 17.8 Å². The summed E-state index contributed by atoms with van der Waals surface area (Å²) in [6, 6.07) is 16.1. The first-order chi connectivity index (χ1) is 30.3. The summed E-state index contributed by atoms with van der Waals surface area (Å²) in [6.45, 7) is 4.76. The van der Waals surface area contributed by atoms with Crippen LogP contribution in [-0.4, -0.2) is 115 Å². The Bertz CT molecular complexity index is 2090. The number of aromatic nitrogens is 1. The number of hydrogen-bond acceptors (Lipinski definition) is 12. The number of nitriles is 1. The molecule has 1 saturated heterocycles. The monoisotopic (exact) mass is 870 g/mol. The maximum Gasteiger partial charge on any atom is 0.335 e. The number of carboxylic acid groups (broad SMARTS) is 1. The second-order valence-corrected chi connectivity index (χ2v) is 17.7. The van der Waals surface area contributed by atoms with Gasteiger partial charge in [0.15, 0.2) is 5.60 Å². The summed E-state index contributed by atoms with van der Waals surface area (Å²) in [5.74, 6) is 1.57. The van der Waals surface area contributed by atoms with Crippen molar-refractivity contribution in [1.29, 1.82) is 5.26 Å². The second-order valence-electron chi connectivity index (χ2n) is 17.7. The van der Waals surface area contributed by atoms with Crippen LogP contribution in [0.5, 0.6) is 5.75 Å². The maximum atomic E-state index is 12.7. The van der Waals surface area contributed by atoms with Gasteiger partial charge >= 0.3 is 5.97 Å². The van der Waals surface area contributed by atoms with Crippen LogP contribution < -0.4 is 4.74 Å². The summed E-state index contributed by atoms with van der Waals surface area (Å²) in [4.78, 5) is 11.3. The molecule has 2 fully saturated rings. The molecule has 1 aromatic heterocycles. The Morgan fingerprint density at radius 3 is 2.60 bits per heavy atom. The first-order valence-corrected chi connectivity index (χ1v) is 21.9. The van der Waals surface area contributed by atoms with E-state index in [0.717, 1.165) is 23.1 Å². The summed E-state index contributed by atoms with van der Waals surface area (Å²) in [7, 11) is 1.63. The van der Waals surface area contributed by atoms with Crippen molar-refractivity contribution >= 4 is 5.97 Å². The third kappa shape index (κ3) is 12.1. The van der Waals surface area contributed by atoms with E-state index in [1.165, 1.54) is 0 Å². The first kappa shape index (κ1) is 47.7. The van der Waals surface area contributed by atoms with Crippen molar-refractivity contribution in [3.8, 4) is 23.8 Å². The molecular weight excluding hydrogens is 809 g/mol. The molecule has 7 rings (SSSR count). The minimum Gasteiger partial charge on any atom is -0.478 e. The number of benzene rings is 2. The van der Waals surface area contributed by atoms with Gasteiger partial charge in [0, 0.05) is 45.0 Å². The van der Waals surface area contributed by atoms with E-state index in [1.54, 1.807) is 55.8 Å². The van der Waals surface area contributed by atoms with Crippen molar-refractivity contribution in [2.75, 3.05) is 20.3 Å². The molecule has 0 spiro atoms. The highest BCUT2D eigenvalue weighted by molar-refractivity contribution is 5.87. The Kier molecular flexibility index (Phi) is 16.5. The lowest BCUT2D eigenvalue weighted by atomic mass is 9.74. The molecule has 2 bridgehead atoms. The fourth-order valence-electron chi connectivity index (χ4n) is 9.65. The summed E-state index contributed by atoms with van der Waals surface area (Å²) in [6.07, 6.45) is 3.91. The Hall–Kier alpha value is -4.74. The van der Waals surface area contributed by atoms with Gasteiger partial charge in [-0.15, -0.1) is 6.58 Å². The molecule has 63 heavy (non-hydrogen) atoms. The highest BCUT2D eigenvalue weighted by Crippen LogP contribution is 2.44. The van der Waals surface area contributed by atoms with Gasteiger partial charge in [-0.1, -0.05) is 30.2 Å². The van der Waals surface area contributed by atoms with Gasteiger partial charge in [0.1, 0.15) is 42.3 Å². The predicted octanol–water partition coefficient (Wildman–Crippen LogP) is 4.29. The predicted molar refractivity (Wildman–Crippen MR) is 231 cm³/mol. The quantitative estimate of drug-likeness (QED) is 0.0661. The Labute approximate surface area is 369 Å². The van der Waals surface area contributed by atoms with E-state index >= 15 is 0 Å². The topological polar surface area (TPSA) is 224 Å². The van der Waals surface area contributed by atoms with Gasteiger partial charge in [-0.25, -0.2) is 4.79 Å². The lowest BCUT2D eigenvalue weighted by molar-refractivity contribution is -0.333. The summed E-state index contributed by atoms with van der Waals surface area (Å²) in [5, 5.41) is 88.1. The van der Waals surface area contributed by atoms with Crippen LogP contribution in [0.15, 0.2) is 73.6 Å². The molecule has 11 unspecified atom stereocenters. The highest BCUT2D eigenvalue weighted by atomic mass is 16.7. The zero-order chi connectivity index (χ0) is 45.1. The average molecular weight is 871 g/mol. The zero-order valence-electron chi connectivity index (χ0n) is 35.9. The van der Waals surface area contributed by atoms with E-state index in [9.17, 15) is 45.8 Å². The lowest BCUT2D eigenvalue weighted by Crippen LogP contribution is -2.70. The molecule has 4 heterocycles. The van der Waals surface area contributed by atoms with E-state index in [0.29, 0.717) is 56.6 Å². The van der Waals surface area contributed by atoms with Crippen LogP contribution in [0.4, 0.5) is 0 Å². The lowest BCUT2D eigenvalue weighted by Gasteiger charge is -2.50. The fourth-order valence-corrected chi connectivity index (χ4v) is 9.65. The molecule has 340 valence electrons. The molecule has 14 heteroatoms. The maximum absolute atomic E-state index is 12.7. The van der Waals surface area contributed by atoms with E-state index in [2.05, 4.69) is 24.7 Å². The number of aromatic carboxylic acids is 1. The Morgan fingerprint density at radius 1 is 1.11 bits per heavy atom. The van der Waals surface area contributed by atoms with Crippen molar-refractivity contribution < 1.29 is 59.5 Å². The highest BCUT2D eigenvalue weighted by Gasteiger charge is 2.59. The van der Waals surface area contributed by atoms with E-state index in [1.807, 2.05) is 22.9 Å². The number of hydrogen-bond donors (Lipinski definition) is 7. The molecule has 1 saturated carbocycles. The molecule has 0 radical (unpaired) electrons. The number of methoxy groups -OCH3 is 1. The van der Waals surface area contributed by atoms with E-state index in [4.69, 9.17) is 18.9 Å². The number of fused-ring (bicyclic) bond motifs is 8. The number of carbonyl (C=O) groups is 1. The Morgan fingerprint density at radius 2 is 1.90 bits per heavy atom. The molecule has 3 aromatic rings. The molecule has 14 nitrogen and oxygen atoms in total. The average Bonchev–Trinajstić information content (AvgIpc) is 3.88. The van der Waals surface area contributed by atoms with Crippen LogP contribution in [0.25, 0.3) is 0 Å². The van der Waals surface area contributed by atoms with Gasteiger partial charge < -0.3 is 59.3 Å². The van der Waals surface area contributed by atoms with Crippen molar-refractivity contribution in [3.05, 3.63) is 101 Å². The second kappa shape index (κ2) is 21.8. The normalized spacial score (nSPS) is 29.9. The molecule has 4 aliphatic rings. The van der Waals surface area contributed by atoms with Gasteiger partial charge in [0.25, 0.3) is 0 Å². The van der Waals surface area contributed by atoms with Crippen LogP contribution in [0.3, 0.4) is 0 Å². The van der Waals surface area contributed by atoms with Crippen LogP contribution >= 0.6 is 0 Å². The fraction of sp³-hybridized carbons (Fsp3) is 0.551. The van der Waals surface area contributed by atoms with Gasteiger partial charge in [0.05, 0.1) is 29.4 Å². The standard InChI is InChI=1S/C49H62N2O12/c1-3-6-36-13-14-40(25-39(36)24-35(31-60-2)30-51-20-17-34(28-50)29-51)62-47-49(59)27-38(41(53)7-5-22-61-42(8-4-21-52)44(63-47)43(54)45(49)55)16-19-48(58)18-15-33(26-48)23-32-9-11-37(12-10-32)46(56)57/h3,9-14,17,20,25,29,33,35,38,41-45,47,52-55,58-59H,1,4,6-8,15-16,18-19,21,23-24,26-27,30-31H2,2H3,(H,56,57). The summed E-state index contributed by atoms with van der Waals surface area (Å²) in [5.41, 5.74) is 0.298. The number of allylic oxidation sites excluding steroid dienone is 1. The van der Waals surface area contributed by atoms with Crippen LogP contribution in [0, 0.1) is 41.1 Å². The number of rotatable bonds is 19. The van der Waals surface area contributed by atoms with Crippen LogP contribution in [0.1, 0.15) is 90.4 Å². The minimum absolute atomic E-state index is 0.00868. The van der Waals surface area contributed by atoms with Crippen molar-refractivity contribution in [3.63, 3.8) is 0 Å². The van der Waals surface area contributed by atoms with E-state index < -0.39 is 59.9 Å². The van der Waals surface area contributed by atoms with Crippen LogP contribution in [0.2, 0.25) is 0 Å². The molecule has 0 amide bonds. The molecule has 1 aliphatic carbocycles. The molecule has 2 aromatic carbocycles. The van der Waals surface area contributed by atoms with Crippen molar-refractivity contribution in [2.45, 2.75) is 132 Å². The largest absolute Gasteiger partial charge is 0.478 e. The Balaban J connectivity index is 1.26. The SMILES string of the molecule is C=CCc1ccc(OC2OC3C(CCCO)OC#CCC(O)C(CCC4(O)CCC(Cc5ccc(C(=O)O)cc5)C4)CC2(O)C(O)C3O)cc1CC(COC)Cn1ccc(C#N)c1.